The molecule has 156 valence electrons. The van der Waals surface area contributed by atoms with E-state index in [9.17, 15) is 32.9 Å². The fourth-order valence-corrected chi connectivity index (χ4v) is 3.16. The number of carbonyl (C=O) groups is 2. The summed E-state index contributed by atoms with van der Waals surface area (Å²) in [5, 5.41) is 18.5. The van der Waals surface area contributed by atoms with Gasteiger partial charge in [0.05, 0.1) is 22.1 Å². The number of nitro benzene ring substituents is 1. The van der Waals surface area contributed by atoms with Crippen LogP contribution in [0.25, 0.3) is 0 Å². The van der Waals surface area contributed by atoms with Crippen LogP contribution < -0.4 is 16.0 Å². The summed E-state index contributed by atoms with van der Waals surface area (Å²) in [6.07, 6.45) is -4.60. The second-order valence-corrected chi connectivity index (χ2v) is 6.46. The fourth-order valence-electron chi connectivity index (χ4n) is 3.16. The monoisotopic (exact) mass is 420 g/mol. The topological polar surface area (TPSA) is 113 Å². The summed E-state index contributed by atoms with van der Waals surface area (Å²) >= 11 is 0. The molecule has 0 bridgehead atoms. The van der Waals surface area contributed by atoms with E-state index in [0.717, 1.165) is 18.2 Å². The average molecular weight is 420 g/mol. The Morgan fingerprint density at radius 2 is 1.87 bits per heavy atom. The number of carbonyl (C=O) groups excluding carboxylic acids is 2. The highest BCUT2D eigenvalue weighted by atomic mass is 19.4. The Morgan fingerprint density at radius 3 is 2.53 bits per heavy atom. The van der Waals surface area contributed by atoms with Crippen molar-refractivity contribution in [2.75, 3.05) is 5.32 Å². The minimum Gasteiger partial charge on any atom is -0.330 e. The molecule has 0 spiro atoms. The van der Waals surface area contributed by atoms with Crippen molar-refractivity contribution in [2.45, 2.75) is 12.2 Å². The number of alkyl halides is 3. The molecule has 8 nitrogen and oxygen atoms in total. The van der Waals surface area contributed by atoms with Crippen LogP contribution in [0.5, 0.6) is 0 Å². The lowest BCUT2D eigenvalue weighted by Gasteiger charge is -2.33. The van der Waals surface area contributed by atoms with Crippen molar-refractivity contribution >= 4 is 23.3 Å². The van der Waals surface area contributed by atoms with Gasteiger partial charge in [0.2, 0.25) is 5.91 Å². The van der Waals surface area contributed by atoms with Gasteiger partial charge in [0.25, 0.3) is 5.69 Å². The first-order valence-corrected chi connectivity index (χ1v) is 8.55. The third-order valence-electron chi connectivity index (χ3n) is 4.48. The summed E-state index contributed by atoms with van der Waals surface area (Å²) in [6.45, 7) is 3.63. The van der Waals surface area contributed by atoms with Gasteiger partial charge in [0.1, 0.15) is 5.92 Å². The lowest BCUT2D eigenvalue weighted by molar-refractivity contribution is -0.385. The van der Waals surface area contributed by atoms with Crippen molar-refractivity contribution in [3.05, 3.63) is 82.0 Å². The van der Waals surface area contributed by atoms with E-state index in [0.29, 0.717) is 0 Å². The van der Waals surface area contributed by atoms with Crippen molar-refractivity contribution in [1.82, 2.24) is 10.6 Å². The van der Waals surface area contributed by atoms with Crippen LogP contribution in [-0.2, 0) is 11.0 Å². The Balaban J connectivity index is 1.96. The molecule has 1 fully saturated rings. The second kappa shape index (κ2) is 7.85. The van der Waals surface area contributed by atoms with Crippen molar-refractivity contribution in [1.29, 1.82) is 0 Å². The van der Waals surface area contributed by atoms with Crippen LogP contribution in [0.3, 0.4) is 0 Å². The number of rotatable bonds is 4. The van der Waals surface area contributed by atoms with Crippen molar-refractivity contribution < 1.29 is 27.7 Å². The Bertz CT molecular complexity index is 1040. The van der Waals surface area contributed by atoms with E-state index in [-0.39, 0.29) is 22.6 Å². The number of hydrogen-bond acceptors (Lipinski definition) is 4. The van der Waals surface area contributed by atoms with Gasteiger partial charge in [0, 0.05) is 17.5 Å². The van der Waals surface area contributed by atoms with E-state index in [2.05, 4.69) is 22.5 Å². The molecule has 1 aliphatic rings. The first-order valence-electron chi connectivity index (χ1n) is 8.55. The minimum atomic E-state index is -4.60. The van der Waals surface area contributed by atoms with Crippen LogP contribution in [-0.4, -0.2) is 16.9 Å². The molecular weight excluding hydrogens is 405 g/mol. The smallest absolute Gasteiger partial charge is 0.330 e. The third-order valence-corrected chi connectivity index (χ3v) is 4.48. The molecule has 1 saturated heterocycles. The van der Waals surface area contributed by atoms with Gasteiger partial charge in [-0.1, -0.05) is 30.8 Å². The van der Waals surface area contributed by atoms with Gasteiger partial charge in [-0.2, -0.15) is 13.2 Å². The van der Waals surface area contributed by atoms with Crippen LogP contribution in [0.4, 0.5) is 29.3 Å². The molecule has 0 aromatic heterocycles. The number of anilines is 1. The number of nitrogens with zero attached hydrogens (tertiary/aromatic N) is 1. The highest BCUT2D eigenvalue weighted by Gasteiger charge is 2.40. The molecule has 2 aromatic rings. The van der Waals surface area contributed by atoms with Crippen molar-refractivity contribution in [2.24, 2.45) is 5.92 Å². The van der Waals surface area contributed by atoms with Gasteiger partial charge in [-0.3, -0.25) is 14.9 Å². The molecule has 0 radical (unpaired) electrons. The molecule has 0 aliphatic carbocycles. The Kier molecular flexibility index (Phi) is 5.45. The van der Waals surface area contributed by atoms with Gasteiger partial charge >= 0.3 is 12.2 Å². The summed E-state index contributed by atoms with van der Waals surface area (Å²) in [7, 11) is 0. The normalized spacial score (nSPS) is 18.9. The van der Waals surface area contributed by atoms with Crippen molar-refractivity contribution in [3.8, 4) is 0 Å². The standard InChI is InChI=1S/C19H15F3N4O4/c1-10-15(17(27)24-12-6-4-5-11(9-12)19(20,21)22)16(25-18(28)23-10)13-7-2-3-8-14(13)26(29)30/h2-9,15-16H,1H2,(H,24,27)(H2,23,25,28)/t15-,16-/m0/s1. The number of urea groups is 1. The number of nitrogens with one attached hydrogen (secondary N) is 3. The van der Waals surface area contributed by atoms with E-state index in [4.69, 9.17) is 0 Å². The zero-order chi connectivity index (χ0) is 22.1. The van der Waals surface area contributed by atoms with Crippen molar-refractivity contribution in [3.63, 3.8) is 0 Å². The molecule has 0 unspecified atom stereocenters. The summed E-state index contributed by atoms with van der Waals surface area (Å²) in [6, 6.07) is 7.67. The van der Waals surface area contributed by atoms with E-state index >= 15 is 0 Å². The molecule has 30 heavy (non-hydrogen) atoms. The molecule has 2 atom stereocenters. The predicted molar refractivity (Wildman–Crippen MR) is 100 cm³/mol. The second-order valence-electron chi connectivity index (χ2n) is 6.46. The summed E-state index contributed by atoms with van der Waals surface area (Å²) < 4.78 is 38.8. The molecule has 11 heteroatoms. The largest absolute Gasteiger partial charge is 0.416 e. The van der Waals surface area contributed by atoms with Gasteiger partial charge < -0.3 is 16.0 Å². The average Bonchev–Trinajstić information content (AvgIpc) is 2.66. The maximum absolute atomic E-state index is 12.9. The van der Waals surface area contributed by atoms with Gasteiger partial charge in [0.15, 0.2) is 0 Å². The third kappa shape index (κ3) is 4.24. The molecule has 3 rings (SSSR count). The van der Waals surface area contributed by atoms with E-state index in [1.165, 1.54) is 30.3 Å². The maximum Gasteiger partial charge on any atom is 0.416 e. The van der Waals surface area contributed by atoms with Crippen LogP contribution in [0.1, 0.15) is 17.2 Å². The Morgan fingerprint density at radius 1 is 1.17 bits per heavy atom. The first kappa shape index (κ1) is 20.8. The lowest BCUT2D eigenvalue weighted by atomic mass is 9.87. The molecule has 1 aliphatic heterocycles. The zero-order valence-electron chi connectivity index (χ0n) is 15.2. The molecule has 3 N–H and O–H groups in total. The summed E-state index contributed by atoms with van der Waals surface area (Å²) in [5.41, 5.74) is -1.39. The number of hydrogen-bond donors (Lipinski definition) is 3. The molecule has 2 aromatic carbocycles. The maximum atomic E-state index is 12.9. The summed E-state index contributed by atoms with van der Waals surface area (Å²) in [4.78, 5) is 35.5. The zero-order valence-corrected chi connectivity index (χ0v) is 15.2. The number of halogens is 3. The highest BCUT2D eigenvalue weighted by molar-refractivity contribution is 5.97. The lowest BCUT2D eigenvalue weighted by Crippen LogP contribution is -2.52. The molecular formula is C19H15F3N4O4. The van der Waals surface area contributed by atoms with E-state index < -0.39 is 40.6 Å². The Hall–Kier alpha value is -3.89. The van der Waals surface area contributed by atoms with Gasteiger partial charge in [-0.05, 0) is 18.2 Å². The number of benzene rings is 2. The first-order chi connectivity index (χ1) is 14.1. The SMILES string of the molecule is C=C1NC(=O)N[C@@H](c2ccccc2[N+](=O)[O-])[C@H]1C(=O)Nc1cccc(C(F)(F)F)c1. The van der Waals surface area contributed by atoms with Crippen LogP contribution >= 0.6 is 0 Å². The highest BCUT2D eigenvalue weighted by Crippen LogP contribution is 2.36. The fraction of sp³-hybridized carbons (Fsp3) is 0.158. The van der Waals surface area contributed by atoms with E-state index in [1.807, 2.05) is 0 Å². The molecule has 1 heterocycles. The quantitative estimate of drug-likeness (QED) is 0.517. The predicted octanol–water partition coefficient (Wildman–Crippen LogP) is 3.74. The van der Waals surface area contributed by atoms with Crippen LogP contribution in [0, 0.1) is 16.0 Å². The minimum absolute atomic E-state index is 0.0497. The van der Waals surface area contributed by atoms with E-state index in [1.54, 1.807) is 0 Å². The number of amides is 3. The molecule has 0 saturated carbocycles. The molecule has 3 amide bonds. The Labute approximate surface area is 167 Å². The summed E-state index contributed by atoms with van der Waals surface area (Å²) in [5.74, 6) is -2.02. The van der Waals surface area contributed by atoms with Crippen LogP contribution in [0.15, 0.2) is 60.8 Å². The van der Waals surface area contributed by atoms with Crippen LogP contribution in [0.2, 0.25) is 0 Å². The number of nitro groups is 1. The van der Waals surface area contributed by atoms with Gasteiger partial charge in [-0.15, -0.1) is 0 Å². The van der Waals surface area contributed by atoms with Gasteiger partial charge in [-0.25, -0.2) is 4.79 Å². The number of para-hydroxylation sites is 1.